The lowest BCUT2D eigenvalue weighted by molar-refractivity contribution is -0.181. The molecule has 2 aliphatic heterocycles. The second-order valence-corrected chi connectivity index (χ2v) is 7.29. The Bertz CT molecular complexity index is 983. The predicted octanol–water partition coefficient (Wildman–Crippen LogP) is 2.02. The number of carbonyl (C=O) groups excluding carboxylic acids is 1. The summed E-state index contributed by atoms with van der Waals surface area (Å²) in [5, 5.41) is 1.00. The number of pyridine rings is 1. The highest BCUT2D eigenvalue weighted by atomic mass is 16.7. The third-order valence-corrected chi connectivity index (χ3v) is 5.79. The highest BCUT2D eigenvalue weighted by Gasteiger charge is 2.41. The van der Waals surface area contributed by atoms with Crippen molar-refractivity contribution in [3.63, 3.8) is 0 Å². The highest BCUT2D eigenvalue weighted by molar-refractivity contribution is 6.07. The van der Waals surface area contributed by atoms with E-state index in [1.807, 2.05) is 6.92 Å². The summed E-state index contributed by atoms with van der Waals surface area (Å²) in [7, 11) is 3.05. The van der Waals surface area contributed by atoms with Crippen LogP contribution in [-0.2, 0) is 16.0 Å². The van der Waals surface area contributed by atoms with E-state index in [2.05, 4.69) is 0 Å². The van der Waals surface area contributed by atoms with Crippen molar-refractivity contribution in [1.29, 1.82) is 0 Å². The maximum absolute atomic E-state index is 13.4. The van der Waals surface area contributed by atoms with Gasteiger partial charge >= 0.3 is 0 Å². The van der Waals surface area contributed by atoms with Crippen LogP contribution < -0.4 is 15.0 Å². The van der Waals surface area contributed by atoms with Crippen molar-refractivity contribution in [3.8, 4) is 11.5 Å². The van der Waals surface area contributed by atoms with Crippen LogP contribution in [0.15, 0.2) is 23.1 Å². The zero-order valence-electron chi connectivity index (χ0n) is 17.0. The average Bonchev–Trinajstić information content (AvgIpc) is 3.21. The van der Waals surface area contributed by atoms with Crippen LogP contribution in [0.25, 0.3) is 10.8 Å². The quantitative estimate of drug-likeness (QED) is 0.779. The van der Waals surface area contributed by atoms with Gasteiger partial charge in [-0.15, -0.1) is 0 Å². The topological polar surface area (TPSA) is 79.2 Å². The first kappa shape index (κ1) is 19.7. The molecule has 1 amide bonds. The van der Waals surface area contributed by atoms with Gasteiger partial charge in [0.05, 0.1) is 38.4 Å². The number of rotatable bonds is 4. The Morgan fingerprint density at radius 2 is 1.66 bits per heavy atom. The smallest absolute Gasteiger partial charge is 0.258 e. The number of methoxy groups -OCH3 is 2. The molecule has 29 heavy (non-hydrogen) atoms. The van der Waals surface area contributed by atoms with Crippen molar-refractivity contribution in [2.45, 2.75) is 32.1 Å². The van der Waals surface area contributed by atoms with E-state index in [1.54, 1.807) is 27.8 Å². The van der Waals surface area contributed by atoms with Gasteiger partial charge in [-0.3, -0.25) is 9.59 Å². The number of nitrogens with zero attached hydrogens (tertiary/aromatic N) is 2. The molecule has 2 fully saturated rings. The fraction of sp³-hybridized carbons (Fsp3) is 0.524. The molecule has 2 aromatic rings. The molecule has 1 aromatic carbocycles. The maximum atomic E-state index is 13.4. The van der Waals surface area contributed by atoms with Gasteiger partial charge in [0.15, 0.2) is 17.3 Å². The number of aromatic nitrogens is 1. The lowest BCUT2D eigenvalue weighted by Gasteiger charge is -2.37. The van der Waals surface area contributed by atoms with E-state index < -0.39 is 5.79 Å². The fourth-order valence-corrected chi connectivity index (χ4v) is 4.13. The van der Waals surface area contributed by atoms with Gasteiger partial charge in [-0.25, -0.2) is 0 Å². The average molecular weight is 402 g/mol. The van der Waals surface area contributed by atoms with Gasteiger partial charge < -0.3 is 28.4 Å². The molecule has 0 aliphatic carbocycles. The first-order valence-corrected chi connectivity index (χ1v) is 9.88. The minimum atomic E-state index is -0.544. The molecular weight excluding hydrogens is 376 g/mol. The van der Waals surface area contributed by atoms with Gasteiger partial charge in [-0.1, -0.05) is 0 Å². The monoisotopic (exact) mass is 402 g/mol. The molecule has 0 N–H and O–H groups in total. The van der Waals surface area contributed by atoms with Crippen LogP contribution >= 0.6 is 0 Å². The molecule has 4 rings (SSSR count). The Kier molecular flexibility index (Phi) is 5.23. The number of aryl methyl sites for hydroxylation is 1. The number of piperidine rings is 1. The van der Waals surface area contributed by atoms with Gasteiger partial charge in [0.1, 0.15) is 0 Å². The molecule has 156 valence electrons. The molecule has 1 aromatic heterocycles. The number of benzene rings is 1. The molecule has 2 aliphatic rings. The summed E-state index contributed by atoms with van der Waals surface area (Å²) in [5.74, 6) is 0.280. The summed E-state index contributed by atoms with van der Waals surface area (Å²) >= 11 is 0. The largest absolute Gasteiger partial charge is 0.493 e. The fourth-order valence-electron chi connectivity index (χ4n) is 4.13. The summed E-state index contributed by atoms with van der Waals surface area (Å²) in [6.45, 7) is 4.62. The lowest BCUT2D eigenvalue weighted by Crippen LogP contribution is -2.47. The molecule has 0 radical (unpaired) electrons. The lowest BCUT2D eigenvalue weighted by atomic mass is 10.0. The van der Waals surface area contributed by atoms with E-state index in [0.717, 1.165) is 0 Å². The summed E-state index contributed by atoms with van der Waals surface area (Å²) in [5.41, 5.74) is 0.317. The Balaban J connectivity index is 1.75. The van der Waals surface area contributed by atoms with Crippen LogP contribution in [0.2, 0.25) is 0 Å². The second-order valence-electron chi connectivity index (χ2n) is 7.29. The SMILES string of the molecule is CCn1cc(C(=O)N2CCC3(CC2)OCCO3)c2cc(OC)c(OC)cc2c1=O. The number of ether oxygens (including phenoxy) is 4. The first-order valence-electron chi connectivity index (χ1n) is 9.88. The minimum absolute atomic E-state index is 0.114. The standard InChI is InChI=1S/C21H26N2O6/c1-4-22-13-16(14-11-17(26-2)18(27-3)12-15(14)19(22)24)20(25)23-7-5-21(6-8-23)28-9-10-29-21/h11-13H,4-10H2,1-3H3. The molecule has 2 saturated heterocycles. The van der Waals surface area contributed by atoms with E-state index in [4.69, 9.17) is 18.9 Å². The van der Waals surface area contributed by atoms with Crippen molar-refractivity contribution >= 4 is 16.7 Å². The molecule has 8 nitrogen and oxygen atoms in total. The number of hydrogen-bond donors (Lipinski definition) is 0. The summed E-state index contributed by atoms with van der Waals surface area (Å²) < 4.78 is 23.8. The summed E-state index contributed by atoms with van der Waals surface area (Å²) in [6.07, 6.45) is 2.92. The van der Waals surface area contributed by atoms with Gasteiger partial charge in [0.25, 0.3) is 11.5 Å². The third kappa shape index (κ3) is 3.36. The van der Waals surface area contributed by atoms with Crippen LogP contribution in [0.5, 0.6) is 11.5 Å². The van der Waals surface area contributed by atoms with Gasteiger partial charge in [0.2, 0.25) is 0 Å². The van der Waals surface area contributed by atoms with Crippen LogP contribution in [0.3, 0.4) is 0 Å². The Labute approximate surface area is 168 Å². The maximum Gasteiger partial charge on any atom is 0.258 e. The van der Waals surface area contributed by atoms with Crippen molar-refractivity contribution in [2.75, 3.05) is 40.5 Å². The number of hydrogen-bond acceptors (Lipinski definition) is 6. The van der Waals surface area contributed by atoms with E-state index >= 15 is 0 Å². The first-order chi connectivity index (χ1) is 14.0. The molecule has 0 unspecified atom stereocenters. The summed E-state index contributed by atoms with van der Waals surface area (Å²) in [6, 6.07) is 3.35. The molecule has 0 saturated carbocycles. The molecule has 1 spiro atoms. The van der Waals surface area contributed by atoms with Gasteiger partial charge in [-0.05, 0) is 19.1 Å². The zero-order chi connectivity index (χ0) is 20.6. The molecular formula is C21H26N2O6. The molecule has 0 atom stereocenters. The van der Waals surface area contributed by atoms with Gasteiger partial charge in [0, 0.05) is 44.1 Å². The Hall–Kier alpha value is -2.58. The van der Waals surface area contributed by atoms with Crippen molar-refractivity contribution in [1.82, 2.24) is 9.47 Å². The van der Waals surface area contributed by atoms with Crippen LogP contribution in [0.1, 0.15) is 30.1 Å². The van der Waals surface area contributed by atoms with Crippen molar-refractivity contribution < 1.29 is 23.7 Å². The second kappa shape index (κ2) is 7.68. The third-order valence-electron chi connectivity index (χ3n) is 5.79. The predicted molar refractivity (Wildman–Crippen MR) is 107 cm³/mol. The van der Waals surface area contributed by atoms with Crippen LogP contribution in [0.4, 0.5) is 0 Å². The van der Waals surface area contributed by atoms with E-state index in [0.29, 0.717) is 73.5 Å². The highest BCUT2D eigenvalue weighted by Crippen LogP contribution is 2.34. The van der Waals surface area contributed by atoms with E-state index in [1.165, 1.54) is 14.2 Å². The van der Waals surface area contributed by atoms with E-state index in [9.17, 15) is 9.59 Å². The van der Waals surface area contributed by atoms with Crippen LogP contribution in [0, 0.1) is 0 Å². The zero-order valence-corrected chi connectivity index (χ0v) is 17.0. The number of likely N-dealkylation sites (tertiary alicyclic amines) is 1. The van der Waals surface area contributed by atoms with E-state index in [-0.39, 0.29) is 11.5 Å². The van der Waals surface area contributed by atoms with Crippen molar-refractivity contribution in [3.05, 3.63) is 34.2 Å². The molecule has 0 bridgehead atoms. The van der Waals surface area contributed by atoms with Gasteiger partial charge in [-0.2, -0.15) is 0 Å². The van der Waals surface area contributed by atoms with Crippen molar-refractivity contribution in [2.24, 2.45) is 0 Å². The number of amides is 1. The normalized spacial score (nSPS) is 18.4. The Morgan fingerprint density at radius 1 is 1.07 bits per heavy atom. The molecule has 3 heterocycles. The Morgan fingerprint density at radius 3 is 2.21 bits per heavy atom. The number of carbonyl (C=O) groups is 1. The van der Waals surface area contributed by atoms with Crippen LogP contribution in [-0.4, -0.2) is 61.7 Å². The molecule has 8 heteroatoms. The number of fused-ring (bicyclic) bond motifs is 1. The summed E-state index contributed by atoms with van der Waals surface area (Å²) in [4.78, 5) is 28.1. The minimum Gasteiger partial charge on any atom is -0.493 e.